The highest BCUT2D eigenvalue weighted by Gasteiger charge is 2.12. The standard InChI is InChI=1S/C19H31N3O2/c1-2-20-19(22-15-16-8-6-9-17(23)14-16)21-12-7-13-24-18-10-4-3-5-11-18/h6,8-9,14,18,23H,2-5,7,10-13,15H2,1H3,(H2,20,21,22). The van der Waals surface area contributed by atoms with Gasteiger partial charge in [0.2, 0.25) is 0 Å². The van der Waals surface area contributed by atoms with Gasteiger partial charge in [0, 0.05) is 19.7 Å². The lowest BCUT2D eigenvalue weighted by molar-refractivity contribution is 0.0277. The van der Waals surface area contributed by atoms with Crippen molar-refractivity contribution in [2.75, 3.05) is 19.7 Å². The molecule has 0 aliphatic heterocycles. The molecule has 0 saturated heterocycles. The summed E-state index contributed by atoms with van der Waals surface area (Å²) in [5.74, 6) is 1.08. The molecule has 1 aliphatic carbocycles. The molecule has 0 radical (unpaired) electrons. The van der Waals surface area contributed by atoms with Crippen molar-refractivity contribution in [2.45, 2.75) is 58.1 Å². The zero-order chi connectivity index (χ0) is 17.0. The SMILES string of the molecule is CCNC(=NCc1cccc(O)c1)NCCCOC1CCCCC1. The van der Waals surface area contributed by atoms with E-state index in [1.165, 1.54) is 32.1 Å². The molecule has 134 valence electrons. The first kappa shape index (κ1) is 18.6. The average molecular weight is 333 g/mol. The van der Waals surface area contributed by atoms with Gasteiger partial charge in [-0.05, 0) is 43.9 Å². The van der Waals surface area contributed by atoms with Crippen LogP contribution in [0.15, 0.2) is 29.3 Å². The van der Waals surface area contributed by atoms with Crippen LogP contribution in [0.2, 0.25) is 0 Å². The smallest absolute Gasteiger partial charge is 0.191 e. The minimum absolute atomic E-state index is 0.278. The van der Waals surface area contributed by atoms with Gasteiger partial charge in [-0.1, -0.05) is 31.4 Å². The van der Waals surface area contributed by atoms with Crippen molar-refractivity contribution in [3.63, 3.8) is 0 Å². The van der Waals surface area contributed by atoms with Gasteiger partial charge in [0.1, 0.15) is 5.75 Å². The first-order valence-corrected chi connectivity index (χ1v) is 9.19. The Morgan fingerprint density at radius 1 is 1.25 bits per heavy atom. The second-order valence-electron chi connectivity index (χ2n) is 6.28. The fourth-order valence-electron chi connectivity index (χ4n) is 2.93. The van der Waals surface area contributed by atoms with E-state index in [1.54, 1.807) is 12.1 Å². The summed E-state index contributed by atoms with van der Waals surface area (Å²) in [7, 11) is 0. The molecule has 5 heteroatoms. The van der Waals surface area contributed by atoms with Gasteiger partial charge < -0.3 is 20.5 Å². The van der Waals surface area contributed by atoms with Crippen LogP contribution in [0.25, 0.3) is 0 Å². The molecule has 1 fully saturated rings. The molecular weight excluding hydrogens is 302 g/mol. The molecule has 0 aromatic heterocycles. The molecular formula is C19H31N3O2. The molecule has 0 amide bonds. The topological polar surface area (TPSA) is 65.9 Å². The van der Waals surface area contributed by atoms with E-state index in [9.17, 15) is 5.11 Å². The number of benzene rings is 1. The molecule has 2 rings (SSSR count). The average Bonchev–Trinajstić information content (AvgIpc) is 2.60. The van der Waals surface area contributed by atoms with Crippen LogP contribution in [0.4, 0.5) is 0 Å². The van der Waals surface area contributed by atoms with E-state index in [1.807, 2.05) is 12.1 Å². The number of hydrogen-bond acceptors (Lipinski definition) is 3. The third-order valence-corrected chi connectivity index (χ3v) is 4.19. The summed E-state index contributed by atoms with van der Waals surface area (Å²) < 4.78 is 5.94. The minimum Gasteiger partial charge on any atom is -0.508 e. The highest BCUT2D eigenvalue weighted by Crippen LogP contribution is 2.20. The highest BCUT2D eigenvalue weighted by molar-refractivity contribution is 5.79. The zero-order valence-corrected chi connectivity index (χ0v) is 14.8. The van der Waals surface area contributed by atoms with Crippen LogP contribution in [0, 0.1) is 0 Å². The first-order chi connectivity index (χ1) is 11.8. The largest absolute Gasteiger partial charge is 0.508 e. The van der Waals surface area contributed by atoms with Gasteiger partial charge >= 0.3 is 0 Å². The Morgan fingerprint density at radius 2 is 2.08 bits per heavy atom. The van der Waals surface area contributed by atoms with E-state index in [0.717, 1.165) is 37.6 Å². The van der Waals surface area contributed by atoms with E-state index < -0.39 is 0 Å². The fourth-order valence-corrected chi connectivity index (χ4v) is 2.93. The Labute approximate surface area is 145 Å². The van der Waals surface area contributed by atoms with Gasteiger partial charge in [0.15, 0.2) is 5.96 Å². The number of hydrogen-bond donors (Lipinski definition) is 3. The van der Waals surface area contributed by atoms with Crippen molar-refractivity contribution in [3.8, 4) is 5.75 Å². The fraction of sp³-hybridized carbons (Fsp3) is 0.632. The summed E-state index contributed by atoms with van der Waals surface area (Å²) in [6, 6.07) is 7.21. The maximum atomic E-state index is 9.50. The summed E-state index contributed by atoms with van der Waals surface area (Å²) >= 11 is 0. The number of ether oxygens (including phenoxy) is 1. The van der Waals surface area contributed by atoms with Gasteiger partial charge in [0.05, 0.1) is 12.6 Å². The maximum absolute atomic E-state index is 9.50. The van der Waals surface area contributed by atoms with Crippen molar-refractivity contribution in [3.05, 3.63) is 29.8 Å². The molecule has 3 N–H and O–H groups in total. The van der Waals surface area contributed by atoms with Crippen molar-refractivity contribution in [1.82, 2.24) is 10.6 Å². The third kappa shape index (κ3) is 7.21. The molecule has 0 bridgehead atoms. The number of nitrogens with zero attached hydrogens (tertiary/aromatic N) is 1. The zero-order valence-electron chi connectivity index (χ0n) is 14.8. The van der Waals surface area contributed by atoms with Crippen molar-refractivity contribution < 1.29 is 9.84 Å². The van der Waals surface area contributed by atoms with Crippen LogP contribution in [0.3, 0.4) is 0 Å². The Bertz CT molecular complexity index is 499. The van der Waals surface area contributed by atoms with E-state index in [-0.39, 0.29) is 5.75 Å². The van der Waals surface area contributed by atoms with Crippen molar-refractivity contribution >= 4 is 5.96 Å². The molecule has 0 spiro atoms. The molecule has 24 heavy (non-hydrogen) atoms. The lowest BCUT2D eigenvalue weighted by Gasteiger charge is -2.22. The van der Waals surface area contributed by atoms with Crippen LogP contribution in [-0.4, -0.2) is 36.9 Å². The predicted molar refractivity (Wildman–Crippen MR) is 98.4 cm³/mol. The monoisotopic (exact) mass is 333 g/mol. The number of nitrogens with one attached hydrogen (secondary N) is 2. The molecule has 5 nitrogen and oxygen atoms in total. The molecule has 1 aromatic rings. The number of guanidine groups is 1. The molecule has 1 saturated carbocycles. The second-order valence-corrected chi connectivity index (χ2v) is 6.28. The Morgan fingerprint density at radius 3 is 2.83 bits per heavy atom. The second kappa shape index (κ2) is 10.9. The van der Waals surface area contributed by atoms with Gasteiger partial charge in [0.25, 0.3) is 0 Å². The molecule has 0 heterocycles. The Hall–Kier alpha value is -1.75. The van der Waals surface area contributed by atoms with E-state index >= 15 is 0 Å². The summed E-state index contributed by atoms with van der Waals surface area (Å²) in [5.41, 5.74) is 0.993. The summed E-state index contributed by atoms with van der Waals surface area (Å²) in [4.78, 5) is 4.55. The van der Waals surface area contributed by atoms with Crippen molar-refractivity contribution in [1.29, 1.82) is 0 Å². The maximum Gasteiger partial charge on any atom is 0.191 e. The first-order valence-electron chi connectivity index (χ1n) is 9.19. The molecule has 0 atom stereocenters. The third-order valence-electron chi connectivity index (χ3n) is 4.19. The van der Waals surface area contributed by atoms with E-state index in [0.29, 0.717) is 12.6 Å². The van der Waals surface area contributed by atoms with Crippen LogP contribution in [0.1, 0.15) is 51.0 Å². The van der Waals surface area contributed by atoms with Crippen LogP contribution in [-0.2, 0) is 11.3 Å². The number of phenols is 1. The Kier molecular flexibility index (Phi) is 8.46. The Balaban J connectivity index is 1.67. The van der Waals surface area contributed by atoms with Gasteiger partial charge in [-0.25, -0.2) is 4.99 Å². The van der Waals surface area contributed by atoms with Gasteiger partial charge in [-0.15, -0.1) is 0 Å². The van der Waals surface area contributed by atoms with E-state index in [4.69, 9.17) is 4.74 Å². The van der Waals surface area contributed by atoms with Crippen LogP contribution < -0.4 is 10.6 Å². The van der Waals surface area contributed by atoms with Crippen molar-refractivity contribution in [2.24, 2.45) is 4.99 Å². The molecule has 1 aliphatic rings. The number of rotatable bonds is 8. The molecule has 0 unspecified atom stereocenters. The summed E-state index contributed by atoms with van der Waals surface area (Å²) in [5, 5.41) is 16.1. The summed E-state index contributed by atoms with van der Waals surface area (Å²) in [6.07, 6.45) is 7.90. The number of phenolic OH excluding ortho intramolecular Hbond substituents is 1. The predicted octanol–water partition coefficient (Wildman–Crippen LogP) is 3.19. The molecule has 1 aromatic carbocycles. The van der Waals surface area contributed by atoms with Crippen LogP contribution in [0.5, 0.6) is 5.75 Å². The lowest BCUT2D eigenvalue weighted by Crippen LogP contribution is -2.38. The number of aromatic hydroxyl groups is 1. The highest BCUT2D eigenvalue weighted by atomic mass is 16.5. The number of aliphatic imine (C=N–C) groups is 1. The normalized spacial score (nSPS) is 16.1. The minimum atomic E-state index is 0.278. The lowest BCUT2D eigenvalue weighted by atomic mass is 9.98. The van der Waals surface area contributed by atoms with Gasteiger partial charge in [-0.3, -0.25) is 0 Å². The van der Waals surface area contributed by atoms with Gasteiger partial charge in [-0.2, -0.15) is 0 Å². The van der Waals surface area contributed by atoms with Crippen LogP contribution >= 0.6 is 0 Å². The quantitative estimate of drug-likeness (QED) is 0.388. The summed E-state index contributed by atoms with van der Waals surface area (Å²) in [6.45, 7) is 5.08. The van der Waals surface area contributed by atoms with E-state index in [2.05, 4.69) is 22.5 Å².